The lowest BCUT2D eigenvalue weighted by atomic mass is 10.0. The molecule has 4 N–H and O–H groups in total. The molecule has 2 unspecified atom stereocenters. The molecule has 0 aliphatic heterocycles. The lowest BCUT2D eigenvalue weighted by molar-refractivity contribution is -0.128. The highest BCUT2D eigenvalue weighted by Crippen LogP contribution is 2.03. The number of hydrogen-bond donors (Lipinski definition) is 3. The molecule has 0 saturated carbocycles. The number of Topliss-reactive ketones (excluding diaryl/α,β-unsaturated/α-hetero) is 2. The average molecular weight is 271 g/mol. The van der Waals surface area contributed by atoms with Gasteiger partial charge >= 0.3 is 0 Å². The Hall–Kier alpha value is -1.27. The van der Waals surface area contributed by atoms with E-state index in [2.05, 4.69) is 10.6 Å². The quantitative estimate of drug-likeness (QED) is 0.509. The summed E-state index contributed by atoms with van der Waals surface area (Å²) in [5, 5.41) is 5.44. The Kier molecular flexibility index (Phi) is 8.99. The van der Waals surface area contributed by atoms with Crippen molar-refractivity contribution in [3.05, 3.63) is 0 Å². The van der Waals surface area contributed by atoms with Gasteiger partial charge < -0.3 is 16.4 Å². The lowest BCUT2D eigenvalue weighted by Gasteiger charge is -2.19. The van der Waals surface area contributed by atoms with Crippen molar-refractivity contribution in [1.29, 1.82) is 0 Å². The minimum absolute atomic E-state index is 0.0757. The molecule has 0 aromatic rings. The van der Waals surface area contributed by atoms with Crippen LogP contribution in [0, 0.1) is 0 Å². The summed E-state index contributed by atoms with van der Waals surface area (Å²) in [5.41, 5.74) is 5.42. The van der Waals surface area contributed by atoms with Gasteiger partial charge in [-0.15, -0.1) is 0 Å². The predicted octanol–water partition coefficient (Wildman–Crippen LogP) is -0.244. The van der Waals surface area contributed by atoms with Gasteiger partial charge in [0, 0.05) is 19.4 Å². The fraction of sp³-hybridized carbons (Fsp3) is 0.769. The van der Waals surface area contributed by atoms with Gasteiger partial charge in [-0.2, -0.15) is 0 Å². The van der Waals surface area contributed by atoms with Gasteiger partial charge in [-0.05, 0) is 26.8 Å². The SMILES string of the molecule is CCCC(=O)CCC(NC)C(=O)NC(CN)C(C)=O. The number of nitrogens with one attached hydrogen (secondary N) is 2. The first-order valence-electron chi connectivity index (χ1n) is 6.66. The average Bonchev–Trinajstić information content (AvgIpc) is 2.36. The van der Waals surface area contributed by atoms with Crippen molar-refractivity contribution in [2.75, 3.05) is 13.6 Å². The van der Waals surface area contributed by atoms with E-state index in [0.29, 0.717) is 19.3 Å². The third-order valence-corrected chi connectivity index (χ3v) is 2.95. The topological polar surface area (TPSA) is 101 Å². The van der Waals surface area contributed by atoms with E-state index in [1.807, 2.05) is 6.92 Å². The minimum atomic E-state index is -0.658. The maximum Gasteiger partial charge on any atom is 0.237 e. The van der Waals surface area contributed by atoms with Crippen LogP contribution in [0.25, 0.3) is 0 Å². The van der Waals surface area contributed by atoms with Crippen molar-refractivity contribution in [3.63, 3.8) is 0 Å². The maximum atomic E-state index is 11.9. The molecule has 110 valence electrons. The fourth-order valence-electron chi connectivity index (χ4n) is 1.71. The Morgan fingerprint density at radius 3 is 2.21 bits per heavy atom. The van der Waals surface area contributed by atoms with Crippen LogP contribution >= 0.6 is 0 Å². The number of amides is 1. The molecule has 0 rings (SSSR count). The van der Waals surface area contributed by atoms with Gasteiger partial charge in [0.15, 0.2) is 5.78 Å². The first-order valence-corrected chi connectivity index (χ1v) is 6.66. The Morgan fingerprint density at radius 2 is 1.79 bits per heavy atom. The Bertz CT molecular complexity index is 318. The summed E-state index contributed by atoms with van der Waals surface area (Å²) in [6.45, 7) is 3.40. The molecule has 0 saturated heterocycles. The molecule has 19 heavy (non-hydrogen) atoms. The molecule has 0 heterocycles. The zero-order chi connectivity index (χ0) is 14.8. The second-order valence-corrected chi connectivity index (χ2v) is 4.58. The van der Waals surface area contributed by atoms with Crippen molar-refractivity contribution in [2.45, 2.75) is 51.6 Å². The maximum absolute atomic E-state index is 11.9. The molecule has 0 fully saturated rings. The highest BCUT2D eigenvalue weighted by atomic mass is 16.2. The molecule has 0 aromatic carbocycles. The van der Waals surface area contributed by atoms with E-state index in [0.717, 1.165) is 6.42 Å². The number of carbonyl (C=O) groups excluding carboxylic acids is 3. The van der Waals surface area contributed by atoms with Crippen LogP contribution in [0.1, 0.15) is 39.5 Å². The van der Waals surface area contributed by atoms with Gasteiger partial charge in [0.05, 0.1) is 12.1 Å². The fourth-order valence-corrected chi connectivity index (χ4v) is 1.71. The van der Waals surface area contributed by atoms with Crippen molar-refractivity contribution in [2.24, 2.45) is 5.73 Å². The molecule has 0 bridgehead atoms. The van der Waals surface area contributed by atoms with Crippen LogP contribution in [0.5, 0.6) is 0 Å². The molecule has 0 spiro atoms. The first kappa shape index (κ1) is 17.7. The standard InChI is InChI=1S/C13H25N3O3/c1-4-5-10(18)6-7-11(15-3)13(19)16-12(8-14)9(2)17/h11-12,15H,4-8,14H2,1-3H3,(H,16,19). The Balaban J connectivity index is 4.31. The van der Waals surface area contributed by atoms with Gasteiger partial charge in [0.2, 0.25) is 5.91 Å². The van der Waals surface area contributed by atoms with E-state index >= 15 is 0 Å². The van der Waals surface area contributed by atoms with E-state index in [1.54, 1.807) is 7.05 Å². The summed E-state index contributed by atoms with van der Waals surface area (Å²) in [6.07, 6.45) is 2.14. The lowest BCUT2D eigenvalue weighted by Crippen LogP contribution is -2.51. The molecule has 0 aliphatic carbocycles. The predicted molar refractivity (Wildman–Crippen MR) is 73.7 cm³/mol. The zero-order valence-electron chi connectivity index (χ0n) is 12.0. The highest BCUT2D eigenvalue weighted by Gasteiger charge is 2.22. The van der Waals surface area contributed by atoms with Crippen molar-refractivity contribution >= 4 is 17.5 Å². The third-order valence-electron chi connectivity index (χ3n) is 2.95. The summed E-state index contributed by atoms with van der Waals surface area (Å²) in [4.78, 5) is 34.6. The van der Waals surface area contributed by atoms with Crippen molar-refractivity contribution in [1.82, 2.24) is 10.6 Å². The third kappa shape index (κ3) is 7.03. The first-order chi connectivity index (χ1) is 8.96. The Labute approximate surface area is 114 Å². The number of carbonyl (C=O) groups is 3. The molecule has 2 atom stereocenters. The van der Waals surface area contributed by atoms with E-state index in [9.17, 15) is 14.4 Å². The highest BCUT2D eigenvalue weighted by molar-refractivity contribution is 5.90. The van der Waals surface area contributed by atoms with E-state index in [4.69, 9.17) is 5.73 Å². The molecular weight excluding hydrogens is 246 g/mol. The van der Waals surface area contributed by atoms with E-state index < -0.39 is 12.1 Å². The molecule has 1 amide bonds. The number of likely N-dealkylation sites (N-methyl/N-ethyl adjacent to an activating group) is 1. The summed E-state index contributed by atoms with van der Waals surface area (Å²) < 4.78 is 0. The second kappa shape index (κ2) is 9.63. The van der Waals surface area contributed by atoms with Gasteiger partial charge in [-0.3, -0.25) is 14.4 Å². The molecular formula is C13H25N3O3. The second-order valence-electron chi connectivity index (χ2n) is 4.58. The van der Waals surface area contributed by atoms with E-state index in [-0.39, 0.29) is 24.0 Å². The van der Waals surface area contributed by atoms with Crippen LogP contribution in [0.15, 0.2) is 0 Å². The van der Waals surface area contributed by atoms with Crippen LogP contribution in [0.4, 0.5) is 0 Å². The van der Waals surface area contributed by atoms with Crippen LogP contribution < -0.4 is 16.4 Å². The molecule has 0 aliphatic rings. The minimum Gasteiger partial charge on any atom is -0.344 e. The van der Waals surface area contributed by atoms with Crippen molar-refractivity contribution in [3.8, 4) is 0 Å². The summed E-state index contributed by atoms with van der Waals surface area (Å²) in [7, 11) is 1.65. The smallest absolute Gasteiger partial charge is 0.237 e. The largest absolute Gasteiger partial charge is 0.344 e. The molecule has 0 radical (unpaired) electrons. The number of ketones is 2. The molecule has 0 aromatic heterocycles. The number of nitrogens with two attached hydrogens (primary N) is 1. The summed E-state index contributed by atoms with van der Waals surface area (Å²) >= 11 is 0. The van der Waals surface area contributed by atoms with Crippen LogP contribution in [-0.2, 0) is 14.4 Å². The van der Waals surface area contributed by atoms with Crippen LogP contribution in [0.2, 0.25) is 0 Å². The van der Waals surface area contributed by atoms with Crippen LogP contribution in [0.3, 0.4) is 0 Å². The van der Waals surface area contributed by atoms with Gasteiger partial charge in [0.1, 0.15) is 5.78 Å². The van der Waals surface area contributed by atoms with Crippen LogP contribution in [-0.4, -0.2) is 43.1 Å². The summed E-state index contributed by atoms with van der Waals surface area (Å²) in [5.74, 6) is -0.317. The van der Waals surface area contributed by atoms with Gasteiger partial charge in [-0.1, -0.05) is 6.92 Å². The van der Waals surface area contributed by atoms with Gasteiger partial charge in [0.25, 0.3) is 0 Å². The number of hydrogen-bond acceptors (Lipinski definition) is 5. The van der Waals surface area contributed by atoms with E-state index in [1.165, 1.54) is 6.92 Å². The van der Waals surface area contributed by atoms with Crippen molar-refractivity contribution < 1.29 is 14.4 Å². The monoisotopic (exact) mass is 271 g/mol. The summed E-state index contributed by atoms with van der Waals surface area (Å²) in [6, 6.07) is -1.14. The normalized spacial score (nSPS) is 13.7. The number of rotatable bonds is 10. The zero-order valence-corrected chi connectivity index (χ0v) is 12.0. The van der Waals surface area contributed by atoms with Gasteiger partial charge in [-0.25, -0.2) is 0 Å². The Morgan fingerprint density at radius 1 is 1.16 bits per heavy atom. The molecule has 6 nitrogen and oxygen atoms in total. The molecule has 6 heteroatoms.